The molecular weight excluding hydrogens is 859 g/mol. The Morgan fingerprint density at radius 3 is 2.16 bits per heavy atom. The van der Waals surface area contributed by atoms with E-state index in [-0.39, 0.29) is 31.7 Å². The zero-order valence-electron chi connectivity index (χ0n) is 41.5. The van der Waals surface area contributed by atoms with Gasteiger partial charge >= 0.3 is 0 Å². The van der Waals surface area contributed by atoms with Gasteiger partial charge < -0.3 is 69.3 Å². The highest BCUT2D eigenvalue weighted by molar-refractivity contribution is 5.85. The van der Waals surface area contributed by atoms with Gasteiger partial charge in [0.05, 0.1) is 69.3 Å². The molecule has 3 aromatic heterocycles. The van der Waals surface area contributed by atoms with Crippen LogP contribution in [0.15, 0.2) is 18.2 Å². The summed E-state index contributed by atoms with van der Waals surface area (Å²) in [7, 11) is 1.87. The van der Waals surface area contributed by atoms with Crippen LogP contribution in [0.1, 0.15) is 130 Å². The lowest BCUT2D eigenvalue weighted by molar-refractivity contribution is -0.260. The lowest BCUT2D eigenvalue weighted by Crippen LogP contribution is -2.50. The summed E-state index contributed by atoms with van der Waals surface area (Å²) in [5, 5.41) is 51.6. The third-order valence-electron chi connectivity index (χ3n) is 12.3. The lowest BCUT2D eigenvalue weighted by atomic mass is 9.94. The van der Waals surface area contributed by atoms with Crippen molar-refractivity contribution in [1.29, 1.82) is 0 Å². The molecule has 6 unspecified atom stereocenters. The number of carbonyl (C=O) groups excluding carboxylic acids is 1. The second kappa shape index (κ2) is 27.9. The maximum atomic E-state index is 11.3. The zero-order valence-corrected chi connectivity index (χ0v) is 41.5. The molecule has 3 aromatic rings. The molecule has 2 saturated heterocycles. The van der Waals surface area contributed by atoms with Gasteiger partial charge in [-0.3, -0.25) is 4.98 Å². The van der Waals surface area contributed by atoms with E-state index in [1.165, 1.54) is 5.56 Å². The van der Waals surface area contributed by atoms with Crippen molar-refractivity contribution in [2.75, 3.05) is 46.6 Å². The van der Waals surface area contributed by atoms with Crippen LogP contribution in [0.25, 0.3) is 33.7 Å². The number of hydrogen-bond donors (Lipinski definition) is 8. The van der Waals surface area contributed by atoms with Gasteiger partial charge in [0.2, 0.25) is 0 Å². The van der Waals surface area contributed by atoms with Crippen LogP contribution in [0.2, 0.25) is 0 Å². The van der Waals surface area contributed by atoms with E-state index >= 15 is 0 Å². The Morgan fingerprint density at radius 1 is 0.806 bits per heavy atom. The number of aromatic amines is 2. The molecule has 4 aliphatic rings. The molecule has 374 valence electrons. The van der Waals surface area contributed by atoms with Crippen molar-refractivity contribution in [2.45, 2.75) is 163 Å². The van der Waals surface area contributed by atoms with Crippen molar-refractivity contribution in [3.8, 4) is 0 Å². The van der Waals surface area contributed by atoms with Crippen molar-refractivity contribution in [3.63, 3.8) is 0 Å². The van der Waals surface area contributed by atoms with Gasteiger partial charge in [-0.25, -0.2) is 4.98 Å². The van der Waals surface area contributed by atoms with E-state index < -0.39 is 43.6 Å². The van der Waals surface area contributed by atoms with Gasteiger partial charge in [0.25, 0.3) is 0 Å². The molecule has 2 fully saturated rings. The Morgan fingerprint density at radius 2 is 1.49 bits per heavy atom. The van der Waals surface area contributed by atoms with Gasteiger partial charge in [-0.05, 0) is 106 Å². The van der Waals surface area contributed by atoms with Crippen LogP contribution in [0.5, 0.6) is 0 Å². The molecule has 0 radical (unpaired) electrons. The number of nitrogens with one attached hydrogen (secondary N) is 3. The summed E-state index contributed by atoms with van der Waals surface area (Å²) in [6.45, 7) is 20.5. The van der Waals surface area contributed by atoms with Crippen LogP contribution in [-0.4, -0.2) is 141 Å². The van der Waals surface area contributed by atoms with Gasteiger partial charge in [0.1, 0.15) is 18.5 Å². The standard InChI is InChI=1S/C36H44N4O6.C11H23NO5.2C2H6/c1-6-24-19(3)29-14-31-25(17-45-34-15-32(43)36(44)33(16-42)46-34)20(4)28(39-31)12-23-11-22(8-7-9-41)35(37-23)21(5)27-10-18(2)26(38-27)13-30(24)40-29;1-12-2-3-15-4-5-16-11-7-9(14)6-10(8-13)17-11;2*1-2/h9-10,12-14,22,32-34,36,39-40,42-44H,6-8,11,15-17H2,1-5H3;9-14H,2-8H2,1H3;2*1-2H3/t22-,32?,33?,34?,36-;;;/m0.../s1. The van der Waals surface area contributed by atoms with E-state index in [2.05, 4.69) is 67.3 Å². The van der Waals surface area contributed by atoms with Crippen molar-refractivity contribution in [3.05, 3.63) is 68.8 Å². The monoisotopic (exact) mass is 938 g/mol. The smallest absolute Gasteiger partial charge is 0.161 e. The summed E-state index contributed by atoms with van der Waals surface area (Å²) in [5.74, 6) is 0.116. The Bertz CT molecular complexity index is 2210. The summed E-state index contributed by atoms with van der Waals surface area (Å²) in [6.07, 6.45) is 1.72. The molecule has 0 amide bonds. The van der Waals surface area contributed by atoms with Crippen molar-refractivity contribution in [1.82, 2.24) is 25.3 Å². The van der Waals surface area contributed by atoms with E-state index in [0.717, 1.165) is 105 Å². The maximum Gasteiger partial charge on any atom is 0.161 e. The number of hydrogen-bond acceptors (Lipinski definition) is 14. The van der Waals surface area contributed by atoms with Gasteiger partial charge in [-0.1, -0.05) is 34.6 Å². The van der Waals surface area contributed by atoms with Crippen LogP contribution in [-0.2, 0) is 47.9 Å². The first kappa shape index (κ1) is 55.7. The minimum Gasteiger partial charge on any atom is -0.394 e. The van der Waals surface area contributed by atoms with Gasteiger partial charge in [-0.15, -0.1) is 0 Å². The van der Waals surface area contributed by atoms with E-state index in [9.17, 15) is 25.2 Å². The fourth-order valence-corrected chi connectivity index (χ4v) is 8.65. The number of fused-ring (bicyclic) bond motifs is 8. The third-order valence-corrected chi connectivity index (χ3v) is 12.3. The molecule has 8 bridgehead atoms. The molecule has 7 rings (SSSR count). The normalized spacial score (nSPS) is 23.5. The van der Waals surface area contributed by atoms with Crippen molar-refractivity contribution >= 4 is 40.0 Å². The number of ether oxygens (including phenoxy) is 5. The largest absolute Gasteiger partial charge is 0.394 e. The van der Waals surface area contributed by atoms with Crippen LogP contribution in [0.4, 0.5) is 0 Å². The van der Waals surface area contributed by atoms with E-state index in [4.69, 9.17) is 38.8 Å². The number of H-pyrrole nitrogens is 2. The Kier molecular flexibility index (Phi) is 23.2. The molecule has 16 heteroatoms. The minimum absolute atomic E-state index is 0.0877. The minimum atomic E-state index is -1.17. The number of aromatic nitrogens is 4. The third kappa shape index (κ3) is 14.8. The highest BCUT2D eigenvalue weighted by Gasteiger charge is 2.37. The van der Waals surface area contributed by atoms with Crippen LogP contribution in [0.3, 0.4) is 0 Å². The molecule has 7 heterocycles. The number of aliphatic hydroxyl groups is 5. The topological polar surface area (TPSA) is 234 Å². The summed E-state index contributed by atoms with van der Waals surface area (Å²) in [6, 6.07) is 6.32. The van der Waals surface area contributed by atoms with E-state index in [0.29, 0.717) is 39.1 Å². The molecule has 0 spiro atoms. The van der Waals surface area contributed by atoms with Crippen LogP contribution >= 0.6 is 0 Å². The Hall–Kier alpha value is -3.91. The van der Waals surface area contributed by atoms with E-state index in [1.807, 2.05) is 41.7 Å². The predicted molar refractivity (Wildman–Crippen MR) is 261 cm³/mol. The molecule has 0 aliphatic carbocycles. The molecule has 8 atom stereocenters. The molecule has 16 nitrogen and oxygen atoms in total. The van der Waals surface area contributed by atoms with Crippen molar-refractivity contribution in [2.24, 2.45) is 0 Å². The van der Waals surface area contributed by atoms with Gasteiger partial charge in [0.15, 0.2) is 12.6 Å². The first-order valence-electron chi connectivity index (χ1n) is 24.2. The Labute approximate surface area is 396 Å². The summed E-state index contributed by atoms with van der Waals surface area (Å²) in [5.41, 5.74) is 13.9. The molecular formula is C51H79N5O11. The van der Waals surface area contributed by atoms with Crippen LogP contribution in [0, 0.1) is 20.8 Å². The molecule has 67 heavy (non-hydrogen) atoms. The fraction of sp³-hybridized carbons (Fsp3) is 0.627. The lowest BCUT2D eigenvalue weighted by Gasteiger charge is -2.36. The number of nitrogens with zero attached hydrogens (tertiary/aromatic N) is 2. The van der Waals surface area contributed by atoms with E-state index in [1.54, 1.807) is 0 Å². The SMILES string of the molecule is CC.CC.CCc1c(C)c2cc3[nH]c(cc4nc(c(C)c5nc(cc1[nH]2)C(C)=C5)[C@@H](CCC=O)C4)c(C)c3COC1CC(O)[C@H](O)C(CO)O1.CNCCOCCOC1CC(O)CC(CO)O1. The number of likely N-dealkylation sites (N-methyl/N-ethyl adjacent to an activating group) is 1. The van der Waals surface area contributed by atoms with Gasteiger partial charge in [-0.2, -0.15) is 0 Å². The average molecular weight is 938 g/mol. The predicted octanol–water partition coefficient (Wildman–Crippen LogP) is 6.16. The van der Waals surface area contributed by atoms with Crippen molar-refractivity contribution < 1.29 is 54.0 Å². The molecule has 0 aromatic carbocycles. The highest BCUT2D eigenvalue weighted by atomic mass is 16.7. The number of allylic oxidation sites excluding steroid dienone is 1. The second-order valence-corrected chi connectivity index (χ2v) is 16.8. The number of aryl methyl sites for hydroxylation is 3. The summed E-state index contributed by atoms with van der Waals surface area (Å²) >= 11 is 0. The molecule has 4 aliphatic heterocycles. The maximum absolute atomic E-state index is 11.3. The molecule has 8 N–H and O–H groups in total. The zero-order chi connectivity index (χ0) is 49.2. The molecule has 0 saturated carbocycles. The number of rotatable bonds is 16. The first-order valence-corrected chi connectivity index (χ1v) is 24.2. The quantitative estimate of drug-likeness (QED) is 0.0594. The Balaban J connectivity index is 0.000000392. The fourth-order valence-electron chi connectivity index (χ4n) is 8.65. The summed E-state index contributed by atoms with van der Waals surface area (Å²) in [4.78, 5) is 28.8. The number of carbonyl (C=O) groups is 1. The second-order valence-electron chi connectivity index (χ2n) is 16.8. The summed E-state index contributed by atoms with van der Waals surface area (Å²) < 4.78 is 28.1. The van der Waals surface area contributed by atoms with Crippen LogP contribution < -0.4 is 5.32 Å². The number of aldehydes is 1. The van der Waals surface area contributed by atoms with Gasteiger partial charge in [0, 0.05) is 77.2 Å². The number of aliphatic hydroxyl groups excluding tert-OH is 5. The average Bonchev–Trinajstić information content (AvgIpc) is 4.07. The first-order chi connectivity index (χ1) is 32.4. The highest BCUT2D eigenvalue weighted by Crippen LogP contribution is 2.35.